The van der Waals surface area contributed by atoms with Crippen LogP contribution in [0.2, 0.25) is 0 Å². The van der Waals surface area contributed by atoms with E-state index in [4.69, 9.17) is 4.74 Å². The van der Waals surface area contributed by atoms with E-state index in [1.54, 1.807) is 66.7 Å². The van der Waals surface area contributed by atoms with Gasteiger partial charge in [-0.05, 0) is 47.8 Å². The lowest BCUT2D eigenvalue weighted by atomic mass is 9.85. The summed E-state index contributed by atoms with van der Waals surface area (Å²) in [5.41, 5.74) is -3.27. The van der Waals surface area contributed by atoms with E-state index in [2.05, 4.69) is 9.97 Å². The van der Waals surface area contributed by atoms with Crippen LogP contribution in [-0.4, -0.2) is 44.4 Å². The molecule has 0 aliphatic carbocycles. The average Bonchev–Trinajstić information content (AvgIpc) is 3.54. The number of hydrogen-bond acceptors (Lipinski definition) is 7. The summed E-state index contributed by atoms with van der Waals surface area (Å²) in [6.07, 6.45) is 2.17. The second-order valence-corrected chi connectivity index (χ2v) is 11.0. The van der Waals surface area contributed by atoms with Crippen LogP contribution < -0.4 is 37.2 Å². The smallest absolute Gasteiger partial charge is 0.335 e. The van der Waals surface area contributed by atoms with Gasteiger partial charge >= 0.3 is 11.4 Å². The van der Waals surface area contributed by atoms with E-state index in [9.17, 15) is 29.4 Å². The fourth-order valence-electron chi connectivity index (χ4n) is 6.13. The van der Waals surface area contributed by atoms with Crippen molar-refractivity contribution < 1.29 is 19.8 Å². The Balaban J connectivity index is 1.67. The Bertz CT molecular complexity index is 1980. The van der Waals surface area contributed by atoms with Crippen molar-refractivity contribution in [2.24, 2.45) is 0 Å². The molecule has 12 nitrogen and oxygen atoms in total. The molecule has 12 heteroatoms. The van der Waals surface area contributed by atoms with E-state index in [0.29, 0.717) is 17.9 Å². The summed E-state index contributed by atoms with van der Waals surface area (Å²) in [5.74, 6) is -2.64. The van der Waals surface area contributed by atoms with Gasteiger partial charge in [0.15, 0.2) is 0 Å². The second-order valence-electron chi connectivity index (χ2n) is 11.0. The fraction of sp³-hybridized carbons (Fsp3) is 0.212. The minimum absolute atomic E-state index is 0.198. The number of rotatable bonds is 8. The molecular weight excluding hydrogens is 578 g/mol. The summed E-state index contributed by atoms with van der Waals surface area (Å²) in [7, 11) is 1.54. The lowest BCUT2D eigenvalue weighted by molar-refractivity contribution is -0.901. The van der Waals surface area contributed by atoms with E-state index in [-0.39, 0.29) is 11.4 Å². The van der Waals surface area contributed by atoms with Gasteiger partial charge in [-0.1, -0.05) is 42.5 Å². The van der Waals surface area contributed by atoms with Gasteiger partial charge in [0.05, 0.1) is 37.4 Å². The summed E-state index contributed by atoms with van der Waals surface area (Å²) in [4.78, 5) is 59.0. The maximum absolute atomic E-state index is 14.2. The van der Waals surface area contributed by atoms with Gasteiger partial charge in [-0.15, -0.1) is 0 Å². The first-order chi connectivity index (χ1) is 21.8. The van der Waals surface area contributed by atoms with Crippen molar-refractivity contribution in [2.45, 2.75) is 25.3 Å². The van der Waals surface area contributed by atoms with Crippen LogP contribution in [0.3, 0.4) is 0 Å². The van der Waals surface area contributed by atoms with Gasteiger partial charge in [0.25, 0.3) is 11.1 Å². The molecule has 1 unspecified atom stereocenters. The van der Waals surface area contributed by atoms with Gasteiger partial charge < -0.3 is 19.8 Å². The molecule has 0 bridgehead atoms. The van der Waals surface area contributed by atoms with E-state index < -0.39 is 51.3 Å². The van der Waals surface area contributed by atoms with E-state index in [0.717, 1.165) is 40.6 Å². The first-order valence-electron chi connectivity index (χ1n) is 14.5. The number of aromatic nitrogens is 4. The zero-order valence-electron chi connectivity index (χ0n) is 24.4. The van der Waals surface area contributed by atoms with E-state index >= 15 is 0 Å². The maximum Gasteiger partial charge on any atom is 0.335 e. The molecule has 0 radical (unpaired) electrons. The van der Waals surface area contributed by atoms with Crippen molar-refractivity contribution >= 4 is 0 Å². The molecule has 5 aromatic rings. The van der Waals surface area contributed by atoms with Gasteiger partial charge in [0.1, 0.15) is 12.3 Å². The highest BCUT2D eigenvalue weighted by atomic mass is 16.5. The number of quaternary nitrogens is 1. The molecule has 3 heterocycles. The number of likely N-dealkylation sites (tertiary alicyclic amines) is 1. The van der Waals surface area contributed by atoms with Gasteiger partial charge in [0.2, 0.25) is 5.88 Å². The molecule has 4 N–H and O–H groups in total. The largest absolute Gasteiger partial charge is 0.859 e. The van der Waals surface area contributed by atoms with Crippen LogP contribution in [0.5, 0.6) is 17.5 Å². The average molecular weight is 610 g/mol. The number of H-pyrrole nitrogens is 2. The highest BCUT2D eigenvalue weighted by molar-refractivity contribution is 5.53. The third-order valence-corrected chi connectivity index (χ3v) is 8.22. The summed E-state index contributed by atoms with van der Waals surface area (Å²) in [6, 6.07) is 21.2. The highest BCUT2D eigenvalue weighted by Gasteiger charge is 2.32. The minimum Gasteiger partial charge on any atom is -0.859 e. The van der Waals surface area contributed by atoms with Crippen LogP contribution in [0.15, 0.2) is 98.0 Å². The minimum atomic E-state index is -1.49. The Labute approximate surface area is 256 Å². The van der Waals surface area contributed by atoms with Crippen LogP contribution in [0, 0.1) is 0 Å². The number of aromatic hydroxyl groups is 1. The Kier molecular flexibility index (Phi) is 7.97. The SMILES string of the molecule is COc1ccc(C(c2c([O-])n(-c3ccccc3)c(=O)[nH]c2=O)c2c(O)n(-c3ccccc3)c(=O)[nH]c2=O)cc1C[NH+]1CCCC1. The van der Waals surface area contributed by atoms with Gasteiger partial charge in [-0.3, -0.25) is 24.1 Å². The number of nitrogens with zero attached hydrogens (tertiary/aromatic N) is 2. The quantitative estimate of drug-likeness (QED) is 0.199. The molecule has 1 saturated heterocycles. The number of aromatic amines is 2. The van der Waals surface area contributed by atoms with Crippen molar-refractivity contribution in [3.63, 3.8) is 0 Å². The first kappa shape index (κ1) is 29.5. The third kappa shape index (κ3) is 5.47. The number of benzene rings is 3. The number of ether oxygens (including phenoxy) is 1. The highest BCUT2D eigenvalue weighted by Crippen LogP contribution is 2.38. The van der Waals surface area contributed by atoms with Crippen LogP contribution in [0.1, 0.15) is 41.0 Å². The van der Waals surface area contributed by atoms with Crippen molar-refractivity contribution in [3.8, 4) is 28.9 Å². The van der Waals surface area contributed by atoms with E-state index in [1.165, 1.54) is 24.1 Å². The summed E-state index contributed by atoms with van der Waals surface area (Å²) in [6.45, 7) is 2.51. The third-order valence-electron chi connectivity index (χ3n) is 8.22. The fourth-order valence-corrected chi connectivity index (χ4v) is 6.13. The standard InChI is InChI=1S/C33H31N5O7/c1-45-24-15-14-20(18-21(24)19-36-16-8-9-17-36)25(26-28(39)34-32(43)37(30(26)41)22-10-4-2-5-11-22)27-29(40)35-33(44)38(31(27)42)23-12-6-3-7-13-23/h2-7,10-15,18,25,41-42H,8-9,16-17,19H2,1H3,(H,34,39,43)(H,35,40,44). The molecule has 1 aliphatic heterocycles. The Hall–Kier alpha value is -5.62. The first-order valence-corrected chi connectivity index (χ1v) is 14.5. The van der Waals surface area contributed by atoms with Crippen molar-refractivity contribution in [2.75, 3.05) is 20.2 Å². The molecule has 45 heavy (non-hydrogen) atoms. The van der Waals surface area contributed by atoms with Crippen LogP contribution in [0.25, 0.3) is 11.4 Å². The van der Waals surface area contributed by atoms with Crippen LogP contribution in [0.4, 0.5) is 0 Å². The summed E-state index contributed by atoms with van der Waals surface area (Å²) in [5, 5.41) is 25.8. The normalized spacial score (nSPS) is 14.0. The Morgan fingerprint density at radius 3 is 1.98 bits per heavy atom. The van der Waals surface area contributed by atoms with Crippen molar-refractivity contribution in [1.82, 2.24) is 19.1 Å². The number of nitrogens with one attached hydrogen (secondary N) is 3. The number of hydrogen-bond donors (Lipinski definition) is 4. The molecule has 0 saturated carbocycles. The molecule has 1 fully saturated rings. The number of methoxy groups -OCH3 is 1. The predicted molar refractivity (Wildman–Crippen MR) is 164 cm³/mol. The summed E-state index contributed by atoms with van der Waals surface area (Å²) >= 11 is 0. The molecule has 3 aromatic carbocycles. The topological polar surface area (TPSA) is 167 Å². The van der Waals surface area contributed by atoms with Crippen LogP contribution in [-0.2, 0) is 6.54 Å². The van der Waals surface area contributed by atoms with Crippen LogP contribution >= 0.6 is 0 Å². The van der Waals surface area contributed by atoms with Gasteiger partial charge in [-0.2, -0.15) is 0 Å². The molecule has 0 spiro atoms. The maximum atomic E-state index is 14.2. The Morgan fingerprint density at radius 2 is 1.38 bits per heavy atom. The molecular formula is C33H31N5O7. The van der Waals surface area contributed by atoms with Gasteiger partial charge in [0, 0.05) is 29.7 Å². The van der Waals surface area contributed by atoms with Crippen molar-refractivity contribution in [3.05, 3.63) is 143 Å². The monoisotopic (exact) mass is 609 g/mol. The molecule has 6 rings (SSSR count). The summed E-state index contributed by atoms with van der Waals surface area (Å²) < 4.78 is 7.33. The molecule has 0 amide bonds. The molecule has 230 valence electrons. The lowest BCUT2D eigenvalue weighted by Gasteiger charge is -2.27. The molecule has 1 aliphatic rings. The molecule has 2 aromatic heterocycles. The zero-order valence-corrected chi connectivity index (χ0v) is 24.4. The second kappa shape index (κ2) is 12.2. The predicted octanol–water partition coefficient (Wildman–Crippen LogP) is 0.512. The Morgan fingerprint density at radius 1 is 0.822 bits per heavy atom. The number of para-hydroxylation sites is 2. The molecule has 1 atom stereocenters. The van der Waals surface area contributed by atoms with Crippen molar-refractivity contribution in [1.29, 1.82) is 0 Å². The zero-order chi connectivity index (χ0) is 31.7. The van der Waals surface area contributed by atoms with Gasteiger partial charge in [-0.25, -0.2) is 14.2 Å². The van der Waals surface area contributed by atoms with E-state index in [1.807, 2.05) is 0 Å². The lowest BCUT2D eigenvalue weighted by Crippen LogP contribution is -3.08.